The summed E-state index contributed by atoms with van der Waals surface area (Å²) in [6.45, 7) is 4.59. The normalized spacial score (nSPS) is 16.7. The Kier molecular flexibility index (Phi) is 1.75. The third-order valence-corrected chi connectivity index (χ3v) is 1.08. The van der Waals surface area contributed by atoms with Gasteiger partial charge in [-0.1, -0.05) is 0 Å². The topological polar surface area (TPSA) is 26.0 Å². The van der Waals surface area contributed by atoms with E-state index in [1.54, 1.807) is 6.92 Å². The van der Waals surface area contributed by atoms with Crippen LogP contribution in [0.1, 0.15) is 20.8 Å². The molecule has 44 valence electrons. The number of nitrogens with two attached hydrogens (primary N) is 1. The zero-order chi connectivity index (χ0) is 6.08. The molecule has 0 bridgehead atoms. The molecule has 0 heterocycles. The summed E-state index contributed by atoms with van der Waals surface area (Å²) in [4.78, 5) is 0. The van der Waals surface area contributed by atoms with Gasteiger partial charge in [-0.05, 0) is 20.8 Å². The van der Waals surface area contributed by atoms with Crippen molar-refractivity contribution < 1.29 is 4.39 Å². The maximum absolute atomic E-state index is 12.4. The van der Waals surface area contributed by atoms with Crippen molar-refractivity contribution in [3.8, 4) is 0 Å². The predicted molar refractivity (Wildman–Crippen MR) is 28.8 cm³/mol. The molecule has 0 aliphatic rings. The summed E-state index contributed by atoms with van der Waals surface area (Å²) < 4.78 is 12.4. The molecular weight excluding hydrogens is 93.1 g/mol. The Bertz CT molecular complexity index is 53.6. The van der Waals surface area contributed by atoms with E-state index in [9.17, 15) is 4.39 Å². The summed E-state index contributed by atoms with van der Waals surface area (Å²) in [6.07, 6.45) is 0. The minimum atomic E-state index is -1.22. The zero-order valence-electron chi connectivity index (χ0n) is 5.03. The van der Waals surface area contributed by atoms with Crippen LogP contribution < -0.4 is 5.73 Å². The Morgan fingerprint density at radius 1 is 1.57 bits per heavy atom. The van der Waals surface area contributed by atoms with Gasteiger partial charge in [-0.15, -0.1) is 0 Å². The summed E-state index contributed by atoms with van der Waals surface area (Å²) in [5.74, 6) is 0. The molecule has 0 rings (SSSR count). The van der Waals surface area contributed by atoms with Gasteiger partial charge in [0, 0.05) is 6.04 Å². The van der Waals surface area contributed by atoms with Gasteiger partial charge in [0.2, 0.25) is 0 Å². The fourth-order valence-corrected chi connectivity index (χ4v) is 0. The molecule has 0 aromatic rings. The molecule has 0 aromatic heterocycles. The van der Waals surface area contributed by atoms with Crippen LogP contribution in [0, 0.1) is 0 Å². The van der Waals surface area contributed by atoms with Crippen LogP contribution in [0.15, 0.2) is 0 Å². The SMILES string of the molecule is CC(N)C(C)(C)F. The summed E-state index contributed by atoms with van der Waals surface area (Å²) in [5.41, 5.74) is 3.97. The van der Waals surface area contributed by atoms with Crippen LogP contribution in [0.3, 0.4) is 0 Å². The van der Waals surface area contributed by atoms with Crippen molar-refractivity contribution in [3.05, 3.63) is 0 Å². The minimum Gasteiger partial charge on any atom is -0.325 e. The van der Waals surface area contributed by atoms with Crippen molar-refractivity contribution in [1.29, 1.82) is 0 Å². The smallest absolute Gasteiger partial charge is 0.120 e. The van der Waals surface area contributed by atoms with Gasteiger partial charge in [0.15, 0.2) is 0 Å². The van der Waals surface area contributed by atoms with Crippen LogP contribution in [0.25, 0.3) is 0 Å². The van der Waals surface area contributed by atoms with Crippen LogP contribution in [-0.4, -0.2) is 11.7 Å². The lowest BCUT2D eigenvalue weighted by atomic mass is 10.0. The highest BCUT2D eigenvalue weighted by molar-refractivity contribution is 4.75. The highest BCUT2D eigenvalue weighted by atomic mass is 19.1. The van der Waals surface area contributed by atoms with Gasteiger partial charge in [-0.2, -0.15) is 0 Å². The Hall–Kier alpha value is -0.110. The second-order valence-corrected chi connectivity index (χ2v) is 2.35. The molecule has 7 heavy (non-hydrogen) atoms. The third-order valence-electron chi connectivity index (χ3n) is 1.08. The Morgan fingerprint density at radius 2 is 1.71 bits per heavy atom. The molecule has 0 saturated carbocycles. The maximum atomic E-state index is 12.4. The lowest BCUT2D eigenvalue weighted by molar-refractivity contribution is 0.182. The van der Waals surface area contributed by atoms with Crippen LogP contribution >= 0.6 is 0 Å². The van der Waals surface area contributed by atoms with E-state index >= 15 is 0 Å². The molecule has 0 radical (unpaired) electrons. The standard InChI is InChI=1S/C5H12FN/c1-4(7)5(2,3)6/h4H,7H2,1-3H3. The van der Waals surface area contributed by atoms with Crippen LogP contribution in [0.4, 0.5) is 4.39 Å². The second kappa shape index (κ2) is 1.78. The number of halogens is 1. The number of rotatable bonds is 1. The molecular formula is C5H12FN. The van der Waals surface area contributed by atoms with Crippen LogP contribution in [-0.2, 0) is 0 Å². The second-order valence-electron chi connectivity index (χ2n) is 2.35. The van der Waals surface area contributed by atoms with E-state index in [1.807, 2.05) is 0 Å². The highest BCUT2D eigenvalue weighted by Crippen LogP contribution is 2.10. The fraction of sp³-hybridized carbons (Fsp3) is 1.00. The van der Waals surface area contributed by atoms with Gasteiger partial charge in [-0.3, -0.25) is 0 Å². The van der Waals surface area contributed by atoms with Gasteiger partial charge < -0.3 is 5.73 Å². The highest BCUT2D eigenvalue weighted by Gasteiger charge is 2.19. The molecule has 1 nitrogen and oxygen atoms in total. The van der Waals surface area contributed by atoms with Gasteiger partial charge in [0.25, 0.3) is 0 Å². The molecule has 1 unspecified atom stereocenters. The molecule has 2 N–H and O–H groups in total. The van der Waals surface area contributed by atoms with Crippen LogP contribution in [0.2, 0.25) is 0 Å². The van der Waals surface area contributed by atoms with E-state index in [2.05, 4.69) is 0 Å². The number of hydrogen-bond acceptors (Lipinski definition) is 1. The first-order valence-electron chi connectivity index (χ1n) is 2.39. The monoisotopic (exact) mass is 105 g/mol. The van der Waals surface area contributed by atoms with Crippen LogP contribution in [0.5, 0.6) is 0 Å². The van der Waals surface area contributed by atoms with E-state index in [4.69, 9.17) is 5.73 Å². The lowest BCUT2D eigenvalue weighted by Crippen LogP contribution is -2.36. The molecule has 0 aliphatic heterocycles. The van der Waals surface area contributed by atoms with E-state index in [0.29, 0.717) is 0 Å². The van der Waals surface area contributed by atoms with E-state index < -0.39 is 5.67 Å². The average Bonchev–Trinajstić information content (AvgIpc) is 1.31. The van der Waals surface area contributed by atoms with E-state index in [0.717, 1.165) is 0 Å². The van der Waals surface area contributed by atoms with Gasteiger partial charge in [0.1, 0.15) is 5.67 Å². The van der Waals surface area contributed by atoms with Crippen molar-refractivity contribution in [2.45, 2.75) is 32.5 Å². The molecule has 0 spiro atoms. The molecule has 0 aliphatic carbocycles. The molecule has 1 atom stereocenters. The average molecular weight is 105 g/mol. The zero-order valence-corrected chi connectivity index (χ0v) is 5.03. The summed E-state index contributed by atoms with van der Waals surface area (Å²) in [6, 6.07) is -0.368. The number of hydrogen-bond donors (Lipinski definition) is 1. The Morgan fingerprint density at radius 3 is 1.71 bits per heavy atom. The number of alkyl halides is 1. The first-order valence-corrected chi connectivity index (χ1v) is 2.39. The van der Waals surface area contributed by atoms with E-state index in [-0.39, 0.29) is 6.04 Å². The molecule has 0 aromatic carbocycles. The van der Waals surface area contributed by atoms with E-state index in [1.165, 1.54) is 13.8 Å². The molecule has 2 heteroatoms. The summed E-state index contributed by atoms with van der Waals surface area (Å²) >= 11 is 0. The van der Waals surface area contributed by atoms with Gasteiger partial charge in [-0.25, -0.2) is 4.39 Å². The largest absolute Gasteiger partial charge is 0.325 e. The summed E-state index contributed by atoms with van der Waals surface area (Å²) in [7, 11) is 0. The Labute approximate surface area is 43.7 Å². The lowest BCUT2D eigenvalue weighted by Gasteiger charge is -2.17. The van der Waals surface area contributed by atoms with Crippen molar-refractivity contribution in [3.63, 3.8) is 0 Å². The first kappa shape index (κ1) is 6.89. The Balaban J connectivity index is 3.54. The van der Waals surface area contributed by atoms with Crippen molar-refractivity contribution in [2.75, 3.05) is 0 Å². The quantitative estimate of drug-likeness (QED) is 0.530. The predicted octanol–water partition coefficient (Wildman–Crippen LogP) is 1.08. The van der Waals surface area contributed by atoms with Crippen molar-refractivity contribution >= 4 is 0 Å². The third kappa shape index (κ3) is 2.57. The minimum absolute atomic E-state index is 0.368. The molecule has 0 saturated heterocycles. The molecule has 0 fully saturated rings. The summed E-state index contributed by atoms with van der Waals surface area (Å²) in [5, 5.41) is 0. The first-order chi connectivity index (χ1) is 2.94. The maximum Gasteiger partial charge on any atom is 0.120 e. The fourth-order valence-electron chi connectivity index (χ4n) is 0. The van der Waals surface area contributed by atoms with Gasteiger partial charge >= 0.3 is 0 Å². The van der Waals surface area contributed by atoms with Crippen molar-refractivity contribution in [2.24, 2.45) is 5.73 Å². The van der Waals surface area contributed by atoms with Gasteiger partial charge in [0.05, 0.1) is 0 Å². The molecule has 0 amide bonds. The van der Waals surface area contributed by atoms with Crippen molar-refractivity contribution in [1.82, 2.24) is 0 Å².